The lowest BCUT2D eigenvalue weighted by molar-refractivity contribution is -0.124. The van der Waals surface area contributed by atoms with Gasteiger partial charge in [0.25, 0.3) is 0 Å². The van der Waals surface area contributed by atoms with E-state index in [4.69, 9.17) is 5.11 Å². The van der Waals surface area contributed by atoms with E-state index in [0.717, 1.165) is 31.5 Å². The monoisotopic (exact) mass is 245 g/mol. The molecule has 1 amide bonds. The van der Waals surface area contributed by atoms with E-state index < -0.39 is 5.97 Å². The summed E-state index contributed by atoms with van der Waals surface area (Å²) in [6, 6.07) is 6.44. The van der Waals surface area contributed by atoms with Gasteiger partial charge in [-0.25, -0.2) is 4.79 Å². The molecule has 1 aliphatic heterocycles. The molecule has 2 rings (SSSR count). The fraction of sp³-hybridized carbons (Fsp3) is 0.286. The van der Waals surface area contributed by atoms with Gasteiger partial charge in [0.1, 0.15) is 0 Å². The Labute approximate surface area is 106 Å². The van der Waals surface area contributed by atoms with Gasteiger partial charge in [0, 0.05) is 19.2 Å². The highest BCUT2D eigenvalue weighted by atomic mass is 16.4. The van der Waals surface area contributed by atoms with Crippen molar-refractivity contribution in [3.8, 4) is 0 Å². The van der Waals surface area contributed by atoms with Crippen LogP contribution in [0.15, 0.2) is 30.3 Å². The molecule has 18 heavy (non-hydrogen) atoms. The molecule has 0 atom stereocenters. The van der Waals surface area contributed by atoms with Gasteiger partial charge in [0.05, 0.1) is 5.56 Å². The van der Waals surface area contributed by atoms with Crippen molar-refractivity contribution in [2.24, 2.45) is 0 Å². The van der Waals surface area contributed by atoms with Gasteiger partial charge in [-0.05, 0) is 36.6 Å². The quantitative estimate of drug-likeness (QED) is 0.829. The van der Waals surface area contributed by atoms with Gasteiger partial charge in [0.2, 0.25) is 5.91 Å². The number of carbonyl (C=O) groups excluding carboxylic acids is 1. The first-order valence-electron chi connectivity index (χ1n) is 5.97. The minimum atomic E-state index is -0.946. The molecule has 0 unspecified atom stereocenters. The summed E-state index contributed by atoms with van der Waals surface area (Å²) in [5.74, 6) is -0.923. The number of carboxylic acid groups (broad SMARTS) is 1. The zero-order chi connectivity index (χ0) is 13.0. The number of hydrogen-bond acceptors (Lipinski definition) is 2. The van der Waals surface area contributed by atoms with E-state index in [1.807, 2.05) is 4.90 Å². The minimum absolute atomic E-state index is 0.0230. The molecule has 0 spiro atoms. The molecule has 1 N–H and O–H groups in total. The van der Waals surface area contributed by atoms with Crippen LogP contribution < -0.4 is 0 Å². The molecule has 0 bridgehead atoms. The predicted molar refractivity (Wildman–Crippen MR) is 68.2 cm³/mol. The Balaban J connectivity index is 1.99. The first kappa shape index (κ1) is 12.4. The second kappa shape index (κ2) is 5.49. The van der Waals surface area contributed by atoms with Crippen LogP contribution in [0.1, 0.15) is 28.8 Å². The van der Waals surface area contributed by atoms with E-state index in [2.05, 4.69) is 0 Å². The Hall–Kier alpha value is -2.10. The number of aromatic carboxylic acids is 1. The standard InChI is InChI=1S/C14H15NO3/c16-13(15-9-1-2-10-15)8-5-11-3-6-12(7-4-11)14(17)18/h3-8H,1-2,9-10H2,(H,17,18)/b8-5+. The summed E-state index contributed by atoms with van der Waals surface area (Å²) < 4.78 is 0. The maximum Gasteiger partial charge on any atom is 0.335 e. The Morgan fingerprint density at radius 1 is 1.11 bits per heavy atom. The van der Waals surface area contributed by atoms with Crippen LogP contribution >= 0.6 is 0 Å². The van der Waals surface area contributed by atoms with Crippen LogP contribution in [-0.2, 0) is 4.79 Å². The van der Waals surface area contributed by atoms with E-state index in [9.17, 15) is 9.59 Å². The molecule has 1 aromatic carbocycles. The molecular weight excluding hydrogens is 230 g/mol. The van der Waals surface area contributed by atoms with Gasteiger partial charge in [-0.2, -0.15) is 0 Å². The molecule has 1 aliphatic rings. The SMILES string of the molecule is O=C(O)c1ccc(/C=C/C(=O)N2CCCC2)cc1. The normalized spacial score (nSPS) is 15.2. The minimum Gasteiger partial charge on any atom is -0.478 e. The molecule has 4 heteroatoms. The highest BCUT2D eigenvalue weighted by molar-refractivity contribution is 5.92. The van der Waals surface area contributed by atoms with E-state index in [1.165, 1.54) is 12.1 Å². The summed E-state index contributed by atoms with van der Waals surface area (Å²) in [4.78, 5) is 24.2. The number of carbonyl (C=O) groups is 2. The van der Waals surface area contributed by atoms with Crippen molar-refractivity contribution in [2.45, 2.75) is 12.8 Å². The average Bonchev–Trinajstić information content (AvgIpc) is 2.90. The Kier molecular flexibility index (Phi) is 3.77. The van der Waals surface area contributed by atoms with Gasteiger partial charge in [-0.3, -0.25) is 4.79 Å². The zero-order valence-corrected chi connectivity index (χ0v) is 10.0. The number of likely N-dealkylation sites (tertiary alicyclic amines) is 1. The molecule has 0 saturated carbocycles. The van der Waals surface area contributed by atoms with Crippen LogP contribution in [0.4, 0.5) is 0 Å². The van der Waals surface area contributed by atoms with Crippen LogP contribution in [0.25, 0.3) is 6.08 Å². The molecule has 1 saturated heterocycles. The second-order valence-corrected chi connectivity index (χ2v) is 4.29. The number of hydrogen-bond donors (Lipinski definition) is 1. The average molecular weight is 245 g/mol. The zero-order valence-electron chi connectivity index (χ0n) is 10.0. The number of amides is 1. The highest BCUT2D eigenvalue weighted by Crippen LogP contribution is 2.10. The largest absolute Gasteiger partial charge is 0.478 e. The van der Waals surface area contributed by atoms with Crippen LogP contribution in [0.2, 0.25) is 0 Å². The third-order valence-corrected chi connectivity index (χ3v) is 2.99. The summed E-state index contributed by atoms with van der Waals surface area (Å²) in [6.45, 7) is 1.67. The molecule has 0 radical (unpaired) electrons. The summed E-state index contributed by atoms with van der Waals surface area (Å²) >= 11 is 0. The first-order chi connectivity index (χ1) is 8.66. The molecule has 1 aromatic rings. The number of rotatable bonds is 3. The maximum atomic E-state index is 11.7. The fourth-order valence-corrected chi connectivity index (χ4v) is 1.95. The second-order valence-electron chi connectivity index (χ2n) is 4.29. The Bertz CT molecular complexity index is 470. The lowest BCUT2D eigenvalue weighted by atomic mass is 10.1. The third kappa shape index (κ3) is 2.97. The van der Waals surface area contributed by atoms with Gasteiger partial charge in [-0.1, -0.05) is 12.1 Å². The topological polar surface area (TPSA) is 57.6 Å². The van der Waals surface area contributed by atoms with Crippen LogP contribution in [-0.4, -0.2) is 35.0 Å². The van der Waals surface area contributed by atoms with E-state index in [0.29, 0.717) is 0 Å². The van der Waals surface area contributed by atoms with Crippen molar-refractivity contribution < 1.29 is 14.7 Å². The van der Waals surface area contributed by atoms with Crippen LogP contribution in [0, 0.1) is 0 Å². The van der Waals surface area contributed by atoms with Gasteiger partial charge < -0.3 is 10.0 Å². The lowest BCUT2D eigenvalue weighted by Gasteiger charge is -2.11. The van der Waals surface area contributed by atoms with Crippen LogP contribution in [0.5, 0.6) is 0 Å². The van der Waals surface area contributed by atoms with Gasteiger partial charge >= 0.3 is 5.97 Å². The molecule has 1 fully saturated rings. The summed E-state index contributed by atoms with van der Waals surface area (Å²) in [5, 5.41) is 8.76. The van der Waals surface area contributed by atoms with Crippen molar-refractivity contribution >= 4 is 18.0 Å². The van der Waals surface area contributed by atoms with Gasteiger partial charge in [0.15, 0.2) is 0 Å². The van der Waals surface area contributed by atoms with E-state index in [1.54, 1.807) is 24.3 Å². The van der Waals surface area contributed by atoms with Crippen molar-refractivity contribution in [3.63, 3.8) is 0 Å². The first-order valence-corrected chi connectivity index (χ1v) is 5.97. The number of nitrogens with zero attached hydrogens (tertiary/aromatic N) is 1. The van der Waals surface area contributed by atoms with Crippen molar-refractivity contribution in [3.05, 3.63) is 41.5 Å². The lowest BCUT2D eigenvalue weighted by Crippen LogP contribution is -2.25. The highest BCUT2D eigenvalue weighted by Gasteiger charge is 2.14. The Morgan fingerprint density at radius 2 is 1.72 bits per heavy atom. The predicted octanol–water partition coefficient (Wildman–Crippen LogP) is 2.02. The van der Waals surface area contributed by atoms with Crippen LogP contribution in [0.3, 0.4) is 0 Å². The summed E-state index contributed by atoms with van der Waals surface area (Å²) in [5.41, 5.74) is 1.07. The summed E-state index contributed by atoms with van der Waals surface area (Å²) in [7, 11) is 0. The van der Waals surface area contributed by atoms with E-state index >= 15 is 0 Å². The fourth-order valence-electron chi connectivity index (χ4n) is 1.95. The molecule has 4 nitrogen and oxygen atoms in total. The molecule has 1 heterocycles. The number of carboxylic acids is 1. The van der Waals surface area contributed by atoms with Crippen molar-refractivity contribution in [1.29, 1.82) is 0 Å². The summed E-state index contributed by atoms with van der Waals surface area (Å²) in [6.07, 6.45) is 5.41. The molecule has 94 valence electrons. The van der Waals surface area contributed by atoms with Crippen molar-refractivity contribution in [2.75, 3.05) is 13.1 Å². The molecule has 0 aliphatic carbocycles. The van der Waals surface area contributed by atoms with Crippen molar-refractivity contribution in [1.82, 2.24) is 4.90 Å². The third-order valence-electron chi connectivity index (χ3n) is 2.99. The Morgan fingerprint density at radius 3 is 2.28 bits per heavy atom. The van der Waals surface area contributed by atoms with E-state index in [-0.39, 0.29) is 11.5 Å². The molecular formula is C14H15NO3. The number of benzene rings is 1. The smallest absolute Gasteiger partial charge is 0.335 e. The maximum absolute atomic E-state index is 11.7. The van der Waals surface area contributed by atoms with Gasteiger partial charge in [-0.15, -0.1) is 0 Å². The molecule has 0 aromatic heterocycles.